The second-order valence-electron chi connectivity index (χ2n) is 5.91. The summed E-state index contributed by atoms with van der Waals surface area (Å²) in [4.78, 5) is 0.117. The van der Waals surface area contributed by atoms with Gasteiger partial charge in [0.2, 0.25) is 0 Å². The molecule has 0 amide bonds. The van der Waals surface area contributed by atoms with Gasteiger partial charge < -0.3 is 0 Å². The zero-order chi connectivity index (χ0) is 14.9. The normalized spacial score (nSPS) is 13.3. The van der Waals surface area contributed by atoms with Crippen molar-refractivity contribution in [3.05, 3.63) is 69.2 Å². The largest absolute Gasteiger partial charge is 0.0827 e. The molecule has 2 aromatic carbocycles. The van der Waals surface area contributed by atoms with Crippen molar-refractivity contribution >= 4 is 39.1 Å². The third kappa shape index (κ3) is 3.58. The molecular formula is C17H17BrCl2. The maximum Gasteiger partial charge on any atom is 0.0645 e. The van der Waals surface area contributed by atoms with Crippen molar-refractivity contribution < 1.29 is 0 Å². The Morgan fingerprint density at radius 3 is 1.90 bits per heavy atom. The van der Waals surface area contributed by atoms with Crippen LogP contribution in [0.1, 0.15) is 42.3 Å². The lowest BCUT2D eigenvalue weighted by molar-refractivity contribution is 0.590. The van der Waals surface area contributed by atoms with E-state index in [9.17, 15) is 0 Å². The van der Waals surface area contributed by atoms with E-state index in [1.54, 1.807) is 0 Å². The average molecular weight is 372 g/mol. The highest BCUT2D eigenvalue weighted by molar-refractivity contribution is 9.09. The minimum absolute atomic E-state index is 0.117. The quantitative estimate of drug-likeness (QED) is 0.510. The molecule has 20 heavy (non-hydrogen) atoms. The number of halogens is 3. The molecule has 0 radical (unpaired) electrons. The Balaban J connectivity index is 2.29. The Kier molecular flexibility index (Phi) is 4.84. The summed E-state index contributed by atoms with van der Waals surface area (Å²) in [6.07, 6.45) is 0. The Morgan fingerprint density at radius 2 is 1.40 bits per heavy atom. The maximum atomic E-state index is 6.08. The smallest absolute Gasteiger partial charge is 0.0645 e. The zero-order valence-corrected chi connectivity index (χ0v) is 14.9. The number of alkyl halides is 1. The van der Waals surface area contributed by atoms with E-state index in [0.29, 0.717) is 10.0 Å². The number of hydrogen-bond acceptors (Lipinski definition) is 0. The average Bonchev–Trinajstić information content (AvgIpc) is 2.40. The molecule has 0 aromatic heterocycles. The van der Waals surface area contributed by atoms with Gasteiger partial charge in [-0.25, -0.2) is 0 Å². The van der Waals surface area contributed by atoms with Crippen molar-refractivity contribution in [2.24, 2.45) is 0 Å². The minimum Gasteiger partial charge on any atom is -0.0827 e. The highest BCUT2D eigenvalue weighted by Gasteiger charge is 2.16. The van der Waals surface area contributed by atoms with Crippen molar-refractivity contribution in [1.29, 1.82) is 0 Å². The number of hydrogen-bond donors (Lipinski definition) is 0. The van der Waals surface area contributed by atoms with E-state index < -0.39 is 0 Å². The highest BCUT2D eigenvalue weighted by Crippen LogP contribution is 2.35. The van der Waals surface area contributed by atoms with Crippen molar-refractivity contribution in [2.45, 2.75) is 31.0 Å². The first kappa shape index (κ1) is 15.9. The first-order valence-electron chi connectivity index (χ1n) is 6.48. The molecule has 0 nitrogen and oxygen atoms in total. The van der Waals surface area contributed by atoms with Crippen molar-refractivity contribution in [3.8, 4) is 0 Å². The molecule has 0 fully saturated rings. The van der Waals surface area contributed by atoms with E-state index in [0.717, 1.165) is 5.56 Å². The van der Waals surface area contributed by atoms with Gasteiger partial charge in [-0.3, -0.25) is 0 Å². The van der Waals surface area contributed by atoms with E-state index in [1.165, 1.54) is 11.1 Å². The monoisotopic (exact) mass is 370 g/mol. The van der Waals surface area contributed by atoms with Gasteiger partial charge in [0.1, 0.15) is 0 Å². The molecule has 0 N–H and O–H groups in total. The van der Waals surface area contributed by atoms with Gasteiger partial charge in [-0.2, -0.15) is 0 Å². The first-order valence-corrected chi connectivity index (χ1v) is 8.15. The molecule has 106 valence electrons. The molecule has 1 atom stereocenters. The Labute approximate surface area is 139 Å². The van der Waals surface area contributed by atoms with E-state index in [4.69, 9.17) is 23.2 Å². The number of benzene rings is 2. The standard InChI is InChI=1S/C17H17BrCl2/c1-17(2,3)13-7-4-11(5-8-13)16(18)12-6-9-14(19)15(20)10-12/h4-10,16H,1-3H3. The third-order valence-electron chi connectivity index (χ3n) is 3.31. The van der Waals surface area contributed by atoms with E-state index >= 15 is 0 Å². The molecule has 2 rings (SSSR count). The van der Waals surface area contributed by atoms with E-state index in [2.05, 4.69) is 61.0 Å². The molecule has 3 heteroatoms. The second kappa shape index (κ2) is 6.09. The van der Waals surface area contributed by atoms with Crippen LogP contribution in [-0.2, 0) is 5.41 Å². The molecule has 0 bridgehead atoms. The number of rotatable bonds is 2. The van der Waals surface area contributed by atoms with Gasteiger partial charge in [0, 0.05) is 0 Å². The van der Waals surface area contributed by atoms with Crippen LogP contribution in [0.4, 0.5) is 0 Å². The summed E-state index contributed by atoms with van der Waals surface area (Å²) in [6.45, 7) is 6.64. The molecule has 2 aromatic rings. The molecule has 1 unspecified atom stereocenters. The van der Waals surface area contributed by atoms with Gasteiger partial charge in [0.25, 0.3) is 0 Å². The molecule has 0 spiro atoms. The van der Waals surface area contributed by atoms with Crippen LogP contribution in [0.15, 0.2) is 42.5 Å². The van der Waals surface area contributed by atoms with E-state index in [1.807, 2.05) is 18.2 Å². The van der Waals surface area contributed by atoms with Crippen LogP contribution in [-0.4, -0.2) is 0 Å². The van der Waals surface area contributed by atoms with E-state index in [-0.39, 0.29) is 10.2 Å². The predicted octanol–water partition coefficient (Wildman–Crippen LogP) is 6.78. The SMILES string of the molecule is CC(C)(C)c1ccc(C(Br)c2ccc(Cl)c(Cl)c2)cc1. The minimum atomic E-state index is 0.117. The van der Waals surface area contributed by atoms with Gasteiger partial charge in [0.15, 0.2) is 0 Å². The summed E-state index contributed by atoms with van der Waals surface area (Å²) in [5, 5.41) is 1.16. The lowest BCUT2D eigenvalue weighted by Gasteiger charge is -2.20. The zero-order valence-electron chi connectivity index (χ0n) is 11.8. The predicted molar refractivity (Wildman–Crippen MR) is 92.4 cm³/mol. The van der Waals surface area contributed by atoms with Gasteiger partial charge in [-0.05, 0) is 34.2 Å². The summed E-state index contributed by atoms with van der Waals surface area (Å²) in [5.41, 5.74) is 3.80. The second-order valence-corrected chi connectivity index (χ2v) is 7.64. The molecule has 0 heterocycles. The fraction of sp³-hybridized carbons (Fsp3) is 0.294. The van der Waals surface area contributed by atoms with Crippen LogP contribution in [0.25, 0.3) is 0 Å². The van der Waals surface area contributed by atoms with Crippen LogP contribution in [0.5, 0.6) is 0 Å². The Bertz CT molecular complexity index is 597. The van der Waals surface area contributed by atoms with Crippen LogP contribution in [0, 0.1) is 0 Å². The first-order chi connectivity index (χ1) is 9.29. The topological polar surface area (TPSA) is 0 Å². The molecule has 0 aliphatic rings. The Hall–Kier alpha value is -0.500. The highest BCUT2D eigenvalue weighted by atomic mass is 79.9. The van der Waals surface area contributed by atoms with Gasteiger partial charge in [-0.1, -0.05) is 90.2 Å². The fourth-order valence-electron chi connectivity index (χ4n) is 2.01. The molecule has 0 aliphatic heterocycles. The lowest BCUT2D eigenvalue weighted by atomic mass is 9.86. The van der Waals surface area contributed by atoms with Crippen molar-refractivity contribution in [2.75, 3.05) is 0 Å². The third-order valence-corrected chi connectivity index (χ3v) is 5.10. The maximum absolute atomic E-state index is 6.08. The van der Waals surface area contributed by atoms with Crippen molar-refractivity contribution in [1.82, 2.24) is 0 Å². The van der Waals surface area contributed by atoms with Crippen LogP contribution >= 0.6 is 39.1 Å². The van der Waals surface area contributed by atoms with Crippen LogP contribution < -0.4 is 0 Å². The lowest BCUT2D eigenvalue weighted by Crippen LogP contribution is -2.10. The fourth-order valence-corrected chi connectivity index (χ4v) is 2.91. The summed E-state index contributed by atoms with van der Waals surface area (Å²) in [5.74, 6) is 0. The molecular weight excluding hydrogens is 355 g/mol. The molecule has 0 aliphatic carbocycles. The Morgan fingerprint density at radius 1 is 0.850 bits per heavy atom. The van der Waals surface area contributed by atoms with Gasteiger partial charge in [0.05, 0.1) is 14.9 Å². The summed E-state index contributed by atoms with van der Waals surface area (Å²) >= 11 is 15.8. The van der Waals surface area contributed by atoms with Crippen LogP contribution in [0.3, 0.4) is 0 Å². The summed E-state index contributed by atoms with van der Waals surface area (Å²) in [7, 11) is 0. The molecule has 0 saturated carbocycles. The molecule has 0 saturated heterocycles. The van der Waals surface area contributed by atoms with Gasteiger partial charge in [-0.15, -0.1) is 0 Å². The van der Waals surface area contributed by atoms with Crippen molar-refractivity contribution in [3.63, 3.8) is 0 Å². The summed E-state index contributed by atoms with van der Waals surface area (Å²) in [6, 6.07) is 14.4. The van der Waals surface area contributed by atoms with Crippen LogP contribution in [0.2, 0.25) is 10.0 Å². The summed E-state index contributed by atoms with van der Waals surface area (Å²) < 4.78 is 0. The van der Waals surface area contributed by atoms with Gasteiger partial charge >= 0.3 is 0 Å².